The van der Waals surface area contributed by atoms with Crippen LogP contribution >= 0.6 is 11.8 Å². The van der Waals surface area contributed by atoms with Crippen LogP contribution in [0.15, 0.2) is 29.4 Å². The number of carboxylic acid groups (broad SMARTS) is 1. The van der Waals surface area contributed by atoms with Gasteiger partial charge in [0, 0.05) is 13.5 Å². The van der Waals surface area contributed by atoms with E-state index in [1.807, 2.05) is 23.7 Å². The summed E-state index contributed by atoms with van der Waals surface area (Å²) in [4.78, 5) is 10.6. The van der Waals surface area contributed by atoms with Crippen molar-refractivity contribution in [2.24, 2.45) is 7.05 Å². The summed E-state index contributed by atoms with van der Waals surface area (Å²) in [6.45, 7) is 7.16. The molecule has 0 atom stereocenters. The SMILES string of the molecule is Cn1c(CCCOc2ccc(C(C)(C)C)cc2)nnc1SCC(=O)O. The molecule has 0 aliphatic heterocycles. The van der Waals surface area contributed by atoms with Crippen molar-refractivity contribution in [2.45, 2.75) is 44.2 Å². The Morgan fingerprint density at radius 1 is 1.24 bits per heavy atom. The Kier molecular flexibility index (Phi) is 6.47. The minimum atomic E-state index is -0.861. The molecule has 7 heteroatoms. The van der Waals surface area contributed by atoms with Gasteiger partial charge in [0.1, 0.15) is 11.6 Å². The Morgan fingerprint density at radius 3 is 2.52 bits per heavy atom. The molecule has 136 valence electrons. The molecule has 0 fully saturated rings. The van der Waals surface area contributed by atoms with E-state index >= 15 is 0 Å². The number of aromatic nitrogens is 3. The molecule has 0 saturated heterocycles. The maximum absolute atomic E-state index is 10.6. The van der Waals surface area contributed by atoms with E-state index in [9.17, 15) is 4.79 Å². The standard InChI is InChI=1S/C18H25N3O3S/c1-18(2,3)13-7-9-14(10-8-13)24-11-5-6-15-19-20-17(21(15)4)25-12-16(22)23/h7-10H,5-6,11-12H2,1-4H3,(H,22,23). The molecule has 1 aromatic heterocycles. The minimum absolute atomic E-state index is 0.0142. The van der Waals surface area contributed by atoms with E-state index in [1.54, 1.807) is 0 Å². The van der Waals surface area contributed by atoms with E-state index in [1.165, 1.54) is 17.3 Å². The van der Waals surface area contributed by atoms with Crippen LogP contribution in [0.25, 0.3) is 0 Å². The van der Waals surface area contributed by atoms with E-state index in [4.69, 9.17) is 9.84 Å². The number of aryl methyl sites for hydroxylation is 1. The number of ether oxygens (including phenoxy) is 1. The van der Waals surface area contributed by atoms with Gasteiger partial charge in [-0.25, -0.2) is 0 Å². The Bertz CT molecular complexity index is 705. The van der Waals surface area contributed by atoms with Crippen LogP contribution in [-0.2, 0) is 23.7 Å². The van der Waals surface area contributed by atoms with Crippen molar-refractivity contribution in [1.29, 1.82) is 0 Å². The summed E-state index contributed by atoms with van der Waals surface area (Å²) in [6, 6.07) is 8.21. The molecule has 1 heterocycles. The molecule has 0 saturated carbocycles. The second-order valence-electron chi connectivity index (χ2n) is 6.87. The lowest BCUT2D eigenvalue weighted by molar-refractivity contribution is -0.133. The number of benzene rings is 1. The zero-order valence-corrected chi connectivity index (χ0v) is 16.0. The summed E-state index contributed by atoms with van der Waals surface area (Å²) in [7, 11) is 1.85. The fourth-order valence-electron chi connectivity index (χ4n) is 2.29. The molecule has 1 N–H and O–H groups in total. The summed E-state index contributed by atoms with van der Waals surface area (Å²) in [5.74, 6) is 0.822. The van der Waals surface area contributed by atoms with Crippen LogP contribution in [0.3, 0.4) is 0 Å². The van der Waals surface area contributed by atoms with Gasteiger partial charge in [-0.05, 0) is 29.5 Å². The highest BCUT2D eigenvalue weighted by Gasteiger charge is 2.13. The van der Waals surface area contributed by atoms with Crippen LogP contribution in [0.4, 0.5) is 0 Å². The topological polar surface area (TPSA) is 77.2 Å². The fourth-order valence-corrected chi connectivity index (χ4v) is 2.94. The zero-order chi connectivity index (χ0) is 18.4. The molecule has 6 nitrogen and oxygen atoms in total. The number of carbonyl (C=O) groups is 1. The van der Waals surface area contributed by atoms with Crippen molar-refractivity contribution in [3.8, 4) is 5.75 Å². The fraction of sp³-hybridized carbons (Fsp3) is 0.500. The Morgan fingerprint density at radius 2 is 1.92 bits per heavy atom. The molecular formula is C18H25N3O3S. The first-order valence-corrected chi connectivity index (χ1v) is 9.22. The van der Waals surface area contributed by atoms with Gasteiger partial charge >= 0.3 is 5.97 Å². The average molecular weight is 363 g/mol. The number of carboxylic acids is 1. The zero-order valence-electron chi connectivity index (χ0n) is 15.2. The van der Waals surface area contributed by atoms with Gasteiger partial charge in [0.05, 0.1) is 12.4 Å². The highest BCUT2D eigenvalue weighted by atomic mass is 32.2. The lowest BCUT2D eigenvalue weighted by atomic mass is 9.87. The lowest BCUT2D eigenvalue weighted by Gasteiger charge is -2.19. The van der Waals surface area contributed by atoms with Gasteiger partial charge in [-0.2, -0.15) is 0 Å². The number of hydrogen-bond donors (Lipinski definition) is 1. The third kappa shape index (κ3) is 5.77. The lowest BCUT2D eigenvalue weighted by Crippen LogP contribution is -2.10. The van der Waals surface area contributed by atoms with Crippen LogP contribution in [0.5, 0.6) is 5.75 Å². The van der Waals surface area contributed by atoms with Gasteiger partial charge in [0.2, 0.25) is 0 Å². The normalized spacial score (nSPS) is 11.5. The van der Waals surface area contributed by atoms with Gasteiger partial charge < -0.3 is 14.4 Å². The van der Waals surface area contributed by atoms with Crippen molar-refractivity contribution in [1.82, 2.24) is 14.8 Å². The van der Waals surface area contributed by atoms with Gasteiger partial charge in [0.15, 0.2) is 5.16 Å². The molecule has 0 aliphatic carbocycles. The maximum Gasteiger partial charge on any atom is 0.313 e. The second kappa shape index (κ2) is 8.38. The average Bonchev–Trinajstić information content (AvgIpc) is 2.89. The number of thioether (sulfide) groups is 1. The van der Waals surface area contributed by atoms with Crippen LogP contribution in [0.1, 0.15) is 38.6 Å². The summed E-state index contributed by atoms with van der Waals surface area (Å²) in [5.41, 5.74) is 1.42. The second-order valence-corrected chi connectivity index (χ2v) is 7.81. The molecule has 0 spiro atoms. The first-order valence-electron chi connectivity index (χ1n) is 8.23. The highest BCUT2D eigenvalue weighted by molar-refractivity contribution is 7.99. The number of rotatable bonds is 8. The Hall–Kier alpha value is -2.02. The summed E-state index contributed by atoms with van der Waals surface area (Å²) < 4.78 is 7.62. The van der Waals surface area contributed by atoms with E-state index < -0.39 is 5.97 Å². The summed E-state index contributed by atoms with van der Waals surface area (Å²) >= 11 is 1.17. The van der Waals surface area contributed by atoms with E-state index in [0.29, 0.717) is 11.8 Å². The van der Waals surface area contributed by atoms with Gasteiger partial charge in [-0.15, -0.1) is 10.2 Å². The van der Waals surface area contributed by atoms with Crippen LogP contribution in [0, 0.1) is 0 Å². The molecule has 1 aromatic carbocycles. The van der Waals surface area contributed by atoms with Gasteiger partial charge in [-0.3, -0.25) is 4.79 Å². The van der Waals surface area contributed by atoms with Crippen LogP contribution in [-0.4, -0.2) is 38.2 Å². The smallest absolute Gasteiger partial charge is 0.313 e. The minimum Gasteiger partial charge on any atom is -0.494 e. The third-order valence-corrected chi connectivity index (χ3v) is 4.79. The third-order valence-electron chi connectivity index (χ3n) is 3.78. The maximum atomic E-state index is 10.6. The van der Waals surface area contributed by atoms with Crippen LogP contribution < -0.4 is 4.74 Å². The Labute approximate surface area is 152 Å². The van der Waals surface area contributed by atoms with Crippen molar-refractivity contribution in [2.75, 3.05) is 12.4 Å². The molecule has 0 amide bonds. The monoisotopic (exact) mass is 363 g/mol. The van der Waals surface area contributed by atoms with Crippen molar-refractivity contribution < 1.29 is 14.6 Å². The summed E-state index contributed by atoms with van der Waals surface area (Å²) in [5, 5.41) is 17.5. The van der Waals surface area contributed by atoms with Crippen LogP contribution in [0.2, 0.25) is 0 Å². The molecule has 2 aromatic rings. The molecule has 0 bridgehead atoms. The molecule has 25 heavy (non-hydrogen) atoms. The number of nitrogens with zero attached hydrogens (tertiary/aromatic N) is 3. The molecule has 0 aliphatic rings. The Balaban J connectivity index is 1.79. The van der Waals surface area contributed by atoms with E-state index in [-0.39, 0.29) is 11.2 Å². The molecule has 0 unspecified atom stereocenters. The van der Waals surface area contributed by atoms with Crippen molar-refractivity contribution >= 4 is 17.7 Å². The number of aliphatic carboxylic acids is 1. The van der Waals surface area contributed by atoms with Gasteiger partial charge in [-0.1, -0.05) is 44.7 Å². The largest absolute Gasteiger partial charge is 0.494 e. The quantitative estimate of drug-likeness (QED) is 0.573. The first kappa shape index (κ1) is 19.3. The predicted octanol–water partition coefficient (Wildman–Crippen LogP) is 3.30. The van der Waals surface area contributed by atoms with E-state index in [2.05, 4.69) is 43.1 Å². The van der Waals surface area contributed by atoms with Crippen molar-refractivity contribution in [3.05, 3.63) is 35.7 Å². The number of hydrogen-bond acceptors (Lipinski definition) is 5. The highest BCUT2D eigenvalue weighted by Crippen LogP contribution is 2.24. The predicted molar refractivity (Wildman–Crippen MR) is 98.3 cm³/mol. The molecule has 2 rings (SSSR count). The van der Waals surface area contributed by atoms with Crippen molar-refractivity contribution in [3.63, 3.8) is 0 Å². The summed E-state index contributed by atoms with van der Waals surface area (Å²) in [6.07, 6.45) is 1.55. The molecular weight excluding hydrogens is 338 g/mol. The van der Waals surface area contributed by atoms with E-state index in [0.717, 1.165) is 24.4 Å². The van der Waals surface area contributed by atoms with Gasteiger partial charge in [0.25, 0.3) is 0 Å². The first-order chi connectivity index (χ1) is 11.8. The molecule has 0 radical (unpaired) electrons.